The molecule has 2 amide bonds. The fraction of sp³-hybridized carbons (Fsp3) is 0.333. The Morgan fingerprint density at radius 2 is 2.10 bits per heavy atom. The van der Waals surface area contributed by atoms with Crippen LogP contribution in [0.5, 0.6) is 0 Å². The molecule has 0 radical (unpaired) electrons. The van der Waals surface area contributed by atoms with Gasteiger partial charge < -0.3 is 20.1 Å². The van der Waals surface area contributed by atoms with E-state index in [1.807, 2.05) is 31.2 Å². The highest BCUT2D eigenvalue weighted by molar-refractivity contribution is 6.30. The maximum atomic E-state index is 11.8. The highest BCUT2D eigenvalue weighted by Gasteiger charge is 2.25. The van der Waals surface area contributed by atoms with Crippen molar-refractivity contribution in [1.82, 2.24) is 25.8 Å². The number of urea groups is 1. The van der Waals surface area contributed by atoms with E-state index in [9.17, 15) is 4.79 Å². The van der Waals surface area contributed by atoms with Crippen molar-refractivity contribution in [2.24, 2.45) is 0 Å². The summed E-state index contributed by atoms with van der Waals surface area (Å²) in [5, 5.41) is 10.5. The van der Waals surface area contributed by atoms with Crippen LogP contribution in [0.4, 0.5) is 10.6 Å². The molecule has 0 atom stereocenters. The van der Waals surface area contributed by atoms with E-state index in [1.54, 1.807) is 18.3 Å². The molecule has 3 aromatic rings. The number of amides is 2. The number of hydrogen-bond donors (Lipinski definition) is 2. The highest BCUT2D eigenvalue weighted by atomic mass is 35.5. The van der Waals surface area contributed by atoms with Crippen LogP contribution in [0.15, 0.2) is 47.1 Å². The van der Waals surface area contributed by atoms with Crippen molar-refractivity contribution < 1.29 is 9.32 Å². The zero-order valence-electron chi connectivity index (χ0n) is 16.6. The molecule has 0 unspecified atom stereocenters. The van der Waals surface area contributed by atoms with Crippen molar-refractivity contribution in [3.8, 4) is 22.8 Å². The van der Waals surface area contributed by atoms with Crippen LogP contribution in [0.3, 0.4) is 0 Å². The number of carbonyl (C=O) groups is 1. The Morgan fingerprint density at radius 3 is 2.87 bits per heavy atom. The number of rotatable bonds is 5. The van der Waals surface area contributed by atoms with Gasteiger partial charge in [-0.2, -0.15) is 4.98 Å². The number of benzene rings is 1. The molecule has 1 fully saturated rings. The first-order valence-electron chi connectivity index (χ1n) is 9.98. The van der Waals surface area contributed by atoms with E-state index in [0.29, 0.717) is 23.3 Å². The highest BCUT2D eigenvalue weighted by Crippen LogP contribution is 2.31. The lowest BCUT2D eigenvalue weighted by Gasteiger charge is -2.33. The van der Waals surface area contributed by atoms with Gasteiger partial charge in [0.25, 0.3) is 5.89 Å². The predicted molar refractivity (Wildman–Crippen MR) is 115 cm³/mol. The van der Waals surface area contributed by atoms with Crippen LogP contribution in [0.25, 0.3) is 22.8 Å². The Balaban J connectivity index is 1.50. The Bertz CT molecular complexity index is 1020. The summed E-state index contributed by atoms with van der Waals surface area (Å²) in [7, 11) is 0. The van der Waals surface area contributed by atoms with E-state index < -0.39 is 0 Å². The van der Waals surface area contributed by atoms with E-state index in [2.05, 4.69) is 30.7 Å². The lowest BCUT2D eigenvalue weighted by Crippen LogP contribution is -2.48. The normalized spacial score (nSPS) is 14.5. The van der Waals surface area contributed by atoms with E-state index in [1.165, 1.54) is 0 Å². The fourth-order valence-electron chi connectivity index (χ4n) is 3.53. The third-order valence-electron chi connectivity index (χ3n) is 4.99. The minimum absolute atomic E-state index is 0.117. The van der Waals surface area contributed by atoms with Gasteiger partial charge in [-0.05, 0) is 44.0 Å². The number of halogens is 1. The van der Waals surface area contributed by atoms with Crippen LogP contribution in [-0.4, -0.2) is 46.8 Å². The van der Waals surface area contributed by atoms with Crippen LogP contribution in [0, 0.1) is 0 Å². The van der Waals surface area contributed by atoms with Crippen LogP contribution in [-0.2, 0) is 0 Å². The summed E-state index contributed by atoms with van der Waals surface area (Å²) >= 11 is 6.07. The van der Waals surface area contributed by atoms with Gasteiger partial charge in [0, 0.05) is 42.5 Å². The van der Waals surface area contributed by atoms with Gasteiger partial charge in [-0.25, -0.2) is 9.78 Å². The Kier molecular flexibility index (Phi) is 6.13. The maximum absolute atomic E-state index is 11.8. The molecule has 0 spiro atoms. The summed E-state index contributed by atoms with van der Waals surface area (Å²) in [6.07, 6.45) is 3.43. The van der Waals surface area contributed by atoms with Gasteiger partial charge >= 0.3 is 6.03 Å². The van der Waals surface area contributed by atoms with Crippen LogP contribution < -0.4 is 15.5 Å². The quantitative estimate of drug-likeness (QED) is 0.645. The lowest BCUT2D eigenvalue weighted by atomic mass is 10.0. The summed E-state index contributed by atoms with van der Waals surface area (Å²) < 4.78 is 5.54. The van der Waals surface area contributed by atoms with Crippen LogP contribution in [0.1, 0.15) is 19.8 Å². The van der Waals surface area contributed by atoms with Crippen LogP contribution >= 0.6 is 11.6 Å². The number of anilines is 1. The number of nitrogens with one attached hydrogen (secondary N) is 2. The summed E-state index contributed by atoms with van der Waals surface area (Å²) in [5.41, 5.74) is 1.58. The van der Waals surface area contributed by atoms with E-state index in [-0.39, 0.29) is 12.1 Å². The average Bonchev–Trinajstić information content (AvgIpc) is 3.25. The number of piperidine rings is 1. The first kappa shape index (κ1) is 20.2. The molecular formula is C21H23ClN6O2. The molecule has 2 N–H and O–H groups in total. The summed E-state index contributed by atoms with van der Waals surface area (Å²) in [6, 6.07) is 11.1. The molecule has 4 rings (SSSR count). The second-order valence-corrected chi connectivity index (χ2v) is 7.51. The summed E-state index contributed by atoms with van der Waals surface area (Å²) in [6.45, 7) is 4.07. The topological polar surface area (TPSA) is 96.2 Å². The molecule has 1 aliphatic heterocycles. The monoisotopic (exact) mass is 426 g/mol. The van der Waals surface area contributed by atoms with Crippen LogP contribution in [0.2, 0.25) is 5.02 Å². The molecule has 3 heterocycles. The largest absolute Gasteiger partial charge is 0.356 e. The molecule has 2 aromatic heterocycles. The standard InChI is InChI=1S/C21H23ClN6O2/c1-2-23-21(29)25-16-8-11-28(12-9-16)19-17(7-4-10-24-19)20-26-18(27-30-20)14-5-3-6-15(22)13-14/h3-7,10,13,16H,2,8-9,11-12H2,1H3,(H2,23,25,29). The third kappa shape index (κ3) is 4.54. The minimum Gasteiger partial charge on any atom is -0.356 e. The summed E-state index contributed by atoms with van der Waals surface area (Å²) in [4.78, 5) is 23.1. The first-order valence-corrected chi connectivity index (χ1v) is 10.4. The zero-order valence-corrected chi connectivity index (χ0v) is 17.4. The van der Waals surface area contributed by atoms with Crippen molar-refractivity contribution in [1.29, 1.82) is 0 Å². The average molecular weight is 427 g/mol. The van der Waals surface area contributed by atoms with Gasteiger partial charge in [0.05, 0.1) is 5.56 Å². The molecule has 1 aromatic carbocycles. The van der Waals surface area contributed by atoms with Gasteiger partial charge in [-0.15, -0.1) is 0 Å². The van der Waals surface area contributed by atoms with Crippen molar-refractivity contribution >= 4 is 23.4 Å². The third-order valence-corrected chi connectivity index (χ3v) is 5.23. The zero-order chi connectivity index (χ0) is 20.9. The van der Waals surface area contributed by atoms with E-state index in [4.69, 9.17) is 16.1 Å². The van der Waals surface area contributed by atoms with Crippen molar-refractivity contribution in [2.75, 3.05) is 24.5 Å². The van der Waals surface area contributed by atoms with Gasteiger partial charge in [-0.3, -0.25) is 0 Å². The number of nitrogens with zero attached hydrogens (tertiary/aromatic N) is 4. The SMILES string of the molecule is CCNC(=O)NC1CCN(c2ncccc2-c2nc(-c3cccc(Cl)c3)no2)CC1. The van der Waals surface area contributed by atoms with Crippen molar-refractivity contribution in [2.45, 2.75) is 25.8 Å². The van der Waals surface area contributed by atoms with Crippen molar-refractivity contribution in [3.05, 3.63) is 47.6 Å². The number of hydrogen-bond acceptors (Lipinski definition) is 6. The van der Waals surface area contributed by atoms with Gasteiger partial charge in [0.15, 0.2) is 0 Å². The van der Waals surface area contributed by atoms with Gasteiger partial charge in [-0.1, -0.05) is 28.9 Å². The number of pyridine rings is 1. The molecular weight excluding hydrogens is 404 g/mol. The Hall–Kier alpha value is -3.13. The van der Waals surface area contributed by atoms with Crippen molar-refractivity contribution in [3.63, 3.8) is 0 Å². The predicted octanol–water partition coefficient (Wildman–Crippen LogP) is 3.74. The molecule has 0 aliphatic carbocycles. The van der Waals surface area contributed by atoms with Gasteiger partial charge in [0.1, 0.15) is 5.82 Å². The Morgan fingerprint density at radius 1 is 1.27 bits per heavy atom. The smallest absolute Gasteiger partial charge is 0.314 e. The molecule has 1 saturated heterocycles. The lowest BCUT2D eigenvalue weighted by molar-refractivity contribution is 0.235. The molecule has 8 nitrogen and oxygen atoms in total. The fourth-order valence-corrected chi connectivity index (χ4v) is 3.72. The maximum Gasteiger partial charge on any atom is 0.314 e. The van der Waals surface area contributed by atoms with E-state index >= 15 is 0 Å². The molecule has 156 valence electrons. The molecule has 0 saturated carbocycles. The first-order chi connectivity index (χ1) is 14.6. The van der Waals surface area contributed by atoms with Gasteiger partial charge in [0.2, 0.25) is 5.82 Å². The Labute approximate surface area is 179 Å². The number of carbonyl (C=O) groups excluding carboxylic acids is 1. The van der Waals surface area contributed by atoms with E-state index in [0.717, 1.165) is 42.9 Å². The summed E-state index contributed by atoms with van der Waals surface area (Å²) in [5.74, 6) is 1.69. The second kappa shape index (κ2) is 9.13. The second-order valence-electron chi connectivity index (χ2n) is 7.07. The molecule has 9 heteroatoms. The molecule has 1 aliphatic rings. The number of aromatic nitrogens is 3. The minimum atomic E-state index is -0.117. The molecule has 30 heavy (non-hydrogen) atoms. The molecule has 0 bridgehead atoms.